The Morgan fingerprint density at radius 3 is 2.36 bits per heavy atom. The first kappa shape index (κ1) is 22.0. The summed E-state index contributed by atoms with van der Waals surface area (Å²) in [6.45, 7) is 8.18. The number of hydrogen-bond donors (Lipinski definition) is 1. The standard InChI is InChI=1S/C10H9N3O4S.C8H16O2/c1-8-2-4-9(5-3-8)18(16,17)12-6-10(11-7-12)13(14)15;1-5-4-8(9)10-7(3)6(5)2/h2-7H,1H3;5-9H,4H2,1-3H3/t;5-,6-,7?,8?/m.1/s1. The lowest BCUT2D eigenvalue weighted by atomic mass is 9.86. The molecule has 1 fully saturated rings. The van der Waals surface area contributed by atoms with E-state index in [0.717, 1.165) is 28.5 Å². The summed E-state index contributed by atoms with van der Waals surface area (Å²) in [5.74, 6) is 0.646. The van der Waals surface area contributed by atoms with Gasteiger partial charge in [-0.15, -0.1) is 0 Å². The topological polar surface area (TPSA) is 125 Å². The highest BCUT2D eigenvalue weighted by atomic mass is 32.2. The number of benzene rings is 1. The zero-order valence-electron chi connectivity index (χ0n) is 16.2. The lowest BCUT2D eigenvalue weighted by Crippen LogP contribution is -2.36. The molecule has 0 saturated carbocycles. The number of hydrogen-bond acceptors (Lipinski definition) is 7. The Morgan fingerprint density at radius 2 is 1.86 bits per heavy atom. The molecule has 3 rings (SSSR count). The normalized spacial score (nSPS) is 24.9. The van der Waals surface area contributed by atoms with Crippen molar-refractivity contribution in [1.29, 1.82) is 0 Å². The largest absolute Gasteiger partial charge is 0.382 e. The van der Waals surface area contributed by atoms with E-state index in [1.165, 1.54) is 12.1 Å². The Morgan fingerprint density at radius 1 is 1.25 bits per heavy atom. The van der Waals surface area contributed by atoms with Crippen LogP contribution in [0.25, 0.3) is 0 Å². The van der Waals surface area contributed by atoms with Gasteiger partial charge < -0.3 is 20.0 Å². The molecule has 2 aromatic rings. The van der Waals surface area contributed by atoms with E-state index < -0.39 is 27.1 Å². The molecule has 10 heteroatoms. The Kier molecular flexibility index (Phi) is 6.91. The first-order chi connectivity index (χ1) is 13.0. The molecule has 1 saturated heterocycles. The van der Waals surface area contributed by atoms with Crippen molar-refractivity contribution in [3.63, 3.8) is 0 Å². The fourth-order valence-corrected chi connectivity index (χ4v) is 3.90. The number of imidazole rings is 1. The number of aliphatic hydroxyl groups excluding tert-OH is 1. The van der Waals surface area contributed by atoms with Gasteiger partial charge in [0.2, 0.25) is 6.33 Å². The van der Waals surface area contributed by atoms with Crippen LogP contribution in [0, 0.1) is 28.9 Å². The van der Waals surface area contributed by atoms with Gasteiger partial charge in [0.05, 0.1) is 11.0 Å². The Bertz CT molecular complexity index is 898. The number of nitrogens with zero attached hydrogens (tertiary/aromatic N) is 3. The van der Waals surface area contributed by atoms with E-state index in [1.807, 2.05) is 13.8 Å². The average Bonchev–Trinajstić information content (AvgIpc) is 3.12. The van der Waals surface area contributed by atoms with Crippen LogP contribution in [0.15, 0.2) is 41.7 Å². The minimum atomic E-state index is -3.82. The van der Waals surface area contributed by atoms with Crippen LogP contribution < -0.4 is 0 Å². The molecule has 0 amide bonds. The van der Waals surface area contributed by atoms with Gasteiger partial charge in [0.25, 0.3) is 10.0 Å². The maximum atomic E-state index is 12.1. The molecule has 0 radical (unpaired) electrons. The molecule has 0 aliphatic carbocycles. The molecule has 4 atom stereocenters. The van der Waals surface area contributed by atoms with E-state index in [0.29, 0.717) is 11.8 Å². The second-order valence-electron chi connectivity index (χ2n) is 7.00. The van der Waals surface area contributed by atoms with Crippen molar-refractivity contribution in [2.45, 2.75) is 51.4 Å². The van der Waals surface area contributed by atoms with Gasteiger partial charge in [0.1, 0.15) is 6.20 Å². The lowest BCUT2D eigenvalue weighted by molar-refractivity contribution is -0.389. The molecule has 1 aliphatic rings. The molecule has 28 heavy (non-hydrogen) atoms. The van der Waals surface area contributed by atoms with Crippen LogP contribution in [-0.2, 0) is 14.8 Å². The van der Waals surface area contributed by atoms with Crippen LogP contribution in [-0.4, -0.2) is 39.8 Å². The third-order valence-corrected chi connectivity index (χ3v) is 6.54. The first-order valence-electron chi connectivity index (χ1n) is 8.86. The summed E-state index contributed by atoms with van der Waals surface area (Å²) < 4.78 is 30.1. The third-order valence-electron chi connectivity index (χ3n) is 4.91. The first-order valence-corrected chi connectivity index (χ1v) is 10.3. The second-order valence-corrected chi connectivity index (χ2v) is 8.85. The van der Waals surface area contributed by atoms with Crippen molar-refractivity contribution in [3.8, 4) is 0 Å². The van der Waals surface area contributed by atoms with Gasteiger partial charge in [0.15, 0.2) is 6.29 Å². The number of nitro groups is 1. The highest BCUT2D eigenvalue weighted by Gasteiger charge is 2.29. The highest BCUT2D eigenvalue weighted by molar-refractivity contribution is 7.90. The summed E-state index contributed by atoms with van der Waals surface area (Å²) >= 11 is 0. The van der Waals surface area contributed by atoms with Crippen LogP contribution in [0.3, 0.4) is 0 Å². The molecule has 1 aromatic carbocycles. The minimum Gasteiger partial charge on any atom is -0.368 e. The summed E-state index contributed by atoms with van der Waals surface area (Å²) in [6.07, 6.45) is 2.24. The van der Waals surface area contributed by atoms with Crippen LogP contribution in [0.4, 0.5) is 5.82 Å². The molecule has 0 spiro atoms. The lowest BCUT2D eigenvalue weighted by Gasteiger charge is -2.34. The Hall–Kier alpha value is -2.30. The third kappa shape index (κ3) is 5.15. The van der Waals surface area contributed by atoms with Crippen molar-refractivity contribution in [2.75, 3.05) is 0 Å². The number of ether oxygens (including phenoxy) is 1. The Balaban J connectivity index is 0.000000237. The second kappa shape index (κ2) is 8.80. The van der Waals surface area contributed by atoms with E-state index in [4.69, 9.17) is 9.84 Å². The van der Waals surface area contributed by atoms with Gasteiger partial charge >= 0.3 is 5.82 Å². The molecule has 0 bridgehead atoms. The average molecular weight is 411 g/mol. The van der Waals surface area contributed by atoms with Gasteiger partial charge in [-0.25, -0.2) is 12.4 Å². The van der Waals surface area contributed by atoms with Gasteiger partial charge in [-0.3, -0.25) is 0 Å². The van der Waals surface area contributed by atoms with Crippen LogP contribution in [0.2, 0.25) is 0 Å². The summed E-state index contributed by atoms with van der Waals surface area (Å²) in [4.78, 5) is 13.2. The molecule has 1 N–H and O–H groups in total. The Labute approximate surface area is 164 Å². The summed E-state index contributed by atoms with van der Waals surface area (Å²) in [5.41, 5.74) is 0.922. The van der Waals surface area contributed by atoms with Gasteiger partial charge in [-0.05, 0) is 47.7 Å². The van der Waals surface area contributed by atoms with Gasteiger partial charge in [-0.2, -0.15) is 0 Å². The van der Waals surface area contributed by atoms with E-state index in [2.05, 4.69) is 18.8 Å². The molecular formula is C18H25N3O6S. The maximum Gasteiger partial charge on any atom is 0.382 e. The van der Waals surface area contributed by atoms with E-state index >= 15 is 0 Å². The number of aromatic nitrogens is 2. The molecule has 1 aromatic heterocycles. The van der Waals surface area contributed by atoms with Crippen molar-refractivity contribution in [3.05, 3.63) is 52.5 Å². The van der Waals surface area contributed by atoms with Gasteiger partial charge in [0, 0.05) is 6.42 Å². The fraction of sp³-hybridized carbons (Fsp3) is 0.500. The van der Waals surface area contributed by atoms with Crippen LogP contribution in [0.5, 0.6) is 0 Å². The predicted octanol–water partition coefficient (Wildman–Crippen LogP) is 2.72. The monoisotopic (exact) mass is 411 g/mol. The molecular weight excluding hydrogens is 386 g/mol. The summed E-state index contributed by atoms with van der Waals surface area (Å²) in [6, 6.07) is 6.18. The van der Waals surface area contributed by atoms with Crippen molar-refractivity contribution < 1.29 is 23.2 Å². The highest BCUT2D eigenvalue weighted by Crippen LogP contribution is 2.28. The van der Waals surface area contributed by atoms with Crippen molar-refractivity contribution in [1.82, 2.24) is 8.96 Å². The number of aliphatic hydroxyl groups is 1. The molecule has 2 unspecified atom stereocenters. The van der Waals surface area contributed by atoms with E-state index in [-0.39, 0.29) is 11.0 Å². The zero-order chi connectivity index (χ0) is 21.1. The predicted molar refractivity (Wildman–Crippen MR) is 102 cm³/mol. The molecule has 2 heterocycles. The van der Waals surface area contributed by atoms with Gasteiger partial charge in [-0.1, -0.05) is 31.5 Å². The smallest absolute Gasteiger partial charge is 0.368 e. The van der Waals surface area contributed by atoms with Crippen LogP contribution in [0.1, 0.15) is 32.8 Å². The van der Waals surface area contributed by atoms with E-state index in [1.54, 1.807) is 12.1 Å². The quantitative estimate of drug-likeness (QED) is 0.608. The fourth-order valence-electron chi connectivity index (χ4n) is 2.78. The number of aryl methyl sites for hydroxylation is 1. The minimum absolute atomic E-state index is 0.0559. The molecule has 1 aliphatic heterocycles. The van der Waals surface area contributed by atoms with Crippen molar-refractivity contribution >= 4 is 15.8 Å². The molecule has 154 valence electrons. The zero-order valence-corrected chi connectivity index (χ0v) is 17.0. The summed E-state index contributed by atoms with van der Waals surface area (Å²) in [5, 5.41) is 19.6. The van der Waals surface area contributed by atoms with Crippen LogP contribution >= 0.6 is 0 Å². The SMILES string of the molecule is CC1OC(O)C[C@@H](C)[C@H]1C.Cc1ccc(S(=O)(=O)n2cnc([N+](=O)[O-])c2)cc1. The van der Waals surface area contributed by atoms with Crippen molar-refractivity contribution in [2.24, 2.45) is 11.8 Å². The number of rotatable bonds is 3. The summed E-state index contributed by atoms with van der Waals surface area (Å²) in [7, 11) is -3.82. The van der Waals surface area contributed by atoms with E-state index in [9.17, 15) is 18.5 Å². The maximum absolute atomic E-state index is 12.1. The molecule has 9 nitrogen and oxygen atoms in total.